The van der Waals surface area contributed by atoms with E-state index in [1.807, 2.05) is 12.4 Å². The fraction of sp³-hybridized carbons (Fsp3) is 0.571. The molecule has 4 heteroatoms. The van der Waals surface area contributed by atoms with E-state index in [9.17, 15) is 0 Å². The van der Waals surface area contributed by atoms with Crippen molar-refractivity contribution in [2.75, 3.05) is 0 Å². The second-order valence-corrected chi connectivity index (χ2v) is 3.56. The first-order chi connectivity index (χ1) is 5.29. The topological polar surface area (TPSA) is 17.8 Å². The van der Waals surface area contributed by atoms with Crippen LogP contribution in [0.5, 0.6) is 0 Å². The van der Waals surface area contributed by atoms with Crippen LogP contribution in [0.2, 0.25) is 0 Å². The van der Waals surface area contributed by atoms with E-state index in [4.69, 9.17) is 0 Å². The number of imidazole rings is 1. The summed E-state index contributed by atoms with van der Waals surface area (Å²) in [6.45, 7) is 4.34. The lowest BCUT2D eigenvalue weighted by molar-refractivity contribution is 0.493. The predicted molar refractivity (Wildman–Crippen MR) is 52.1 cm³/mol. The Hall–Kier alpha value is -0.0900. The summed E-state index contributed by atoms with van der Waals surface area (Å²) >= 11 is 4.11. The van der Waals surface area contributed by atoms with Crippen molar-refractivity contribution in [2.45, 2.75) is 31.5 Å². The van der Waals surface area contributed by atoms with Crippen LogP contribution >= 0.6 is 22.5 Å². The van der Waals surface area contributed by atoms with Gasteiger partial charge in [-0.25, -0.2) is 4.98 Å². The molecule has 1 unspecified atom stereocenters. The van der Waals surface area contributed by atoms with Gasteiger partial charge in [0.05, 0.1) is 0 Å². The third-order valence-corrected chi connectivity index (χ3v) is 2.75. The van der Waals surface area contributed by atoms with Crippen molar-refractivity contribution >= 4 is 22.5 Å². The Morgan fingerprint density at radius 2 is 2.55 bits per heavy atom. The summed E-state index contributed by atoms with van der Waals surface area (Å²) < 4.78 is 2.14. The third kappa shape index (κ3) is 1.93. The summed E-state index contributed by atoms with van der Waals surface area (Å²) in [7, 11) is 1.39. The van der Waals surface area contributed by atoms with E-state index in [2.05, 4.69) is 35.1 Å². The standard InChI is InChI=1S/C7H12N2S2/c1-3-6(2)9-5-4-8-7(9)11-10/h4-6,10H,3H2,1-2H3. The average molecular weight is 188 g/mol. The Bertz CT molecular complexity index is 222. The largest absolute Gasteiger partial charge is 0.323 e. The molecule has 1 rings (SSSR count). The summed E-state index contributed by atoms with van der Waals surface area (Å²) in [5.74, 6) is 0. The van der Waals surface area contributed by atoms with Crippen molar-refractivity contribution in [2.24, 2.45) is 0 Å². The molecule has 0 bridgehead atoms. The van der Waals surface area contributed by atoms with Gasteiger partial charge in [0.25, 0.3) is 0 Å². The summed E-state index contributed by atoms with van der Waals surface area (Å²) in [5, 5.41) is 0.975. The van der Waals surface area contributed by atoms with Crippen LogP contribution in [0.3, 0.4) is 0 Å². The van der Waals surface area contributed by atoms with E-state index in [-0.39, 0.29) is 0 Å². The number of thiol groups is 1. The van der Waals surface area contributed by atoms with Gasteiger partial charge in [-0.1, -0.05) is 6.92 Å². The van der Waals surface area contributed by atoms with Crippen molar-refractivity contribution in [3.8, 4) is 0 Å². The van der Waals surface area contributed by atoms with Crippen LogP contribution in [-0.4, -0.2) is 9.55 Å². The molecular weight excluding hydrogens is 176 g/mol. The molecule has 0 amide bonds. The van der Waals surface area contributed by atoms with Crippen molar-refractivity contribution < 1.29 is 0 Å². The second-order valence-electron chi connectivity index (χ2n) is 2.47. The fourth-order valence-electron chi connectivity index (χ4n) is 0.902. The zero-order valence-electron chi connectivity index (χ0n) is 6.69. The van der Waals surface area contributed by atoms with Crippen LogP contribution in [-0.2, 0) is 0 Å². The van der Waals surface area contributed by atoms with E-state index in [0.717, 1.165) is 11.6 Å². The lowest BCUT2D eigenvalue weighted by atomic mass is 10.3. The first kappa shape index (κ1) is 9.00. The number of hydrogen-bond donors (Lipinski definition) is 1. The minimum atomic E-state index is 0.521. The molecule has 0 saturated heterocycles. The van der Waals surface area contributed by atoms with E-state index in [1.165, 1.54) is 10.8 Å². The number of hydrogen-bond acceptors (Lipinski definition) is 3. The molecule has 0 fully saturated rings. The molecule has 0 aromatic carbocycles. The number of aromatic nitrogens is 2. The van der Waals surface area contributed by atoms with Gasteiger partial charge in [0.15, 0.2) is 5.16 Å². The maximum Gasteiger partial charge on any atom is 0.178 e. The number of rotatable bonds is 3. The SMILES string of the molecule is CCC(C)n1ccnc1SS. The molecule has 2 nitrogen and oxygen atoms in total. The van der Waals surface area contributed by atoms with Crippen molar-refractivity contribution in [1.29, 1.82) is 0 Å². The van der Waals surface area contributed by atoms with Gasteiger partial charge < -0.3 is 4.57 Å². The molecular formula is C7H12N2S2. The summed E-state index contributed by atoms with van der Waals surface area (Å²) in [6.07, 6.45) is 4.93. The minimum absolute atomic E-state index is 0.521. The van der Waals surface area contributed by atoms with Crippen LogP contribution in [0.15, 0.2) is 17.6 Å². The first-order valence-electron chi connectivity index (χ1n) is 3.63. The Labute approximate surface area is 76.2 Å². The normalized spacial score (nSPS) is 13.4. The Kier molecular flexibility index (Phi) is 3.33. The van der Waals surface area contributed by atoms with Gasteiger partial charge in [-0.05, 0) is 24.1 Å². The predicted octanol–water partition coefficient (Wildman–Crippen LogP) is 2.79. The van der Waals surface area contributed by atoms with Crippen molar-refractivity contribution in [1.82, 2.24) is 9.55 Å². The van der Waals surface area contributed by atoms with Gasteiger partial charge in [-0.15, -0.1) is 11.7 Å². The van der Waals surface area contributed by atoms with Crippen LogP contribution in [0, 0.1) is 0 Å². The Morgan fingerprint density at radius 3 is 3.09 bits per heavy atom. The molecule has 1 heterocycles. The van der Waals surface area contributed by atoms with Gasteiger partial charge in [-0.3, -0.25) is 0 Å². The molecule has 11 heavy (non-hydrogen) atoms. The van der Waals surface area contributed by atoms with Gasteiger partial charge in [0.2, 0.25) is 0 Å². The molecule has 0 N–H and O–H groups in total. The molecule has 0 aliphatic rings. The lowest BCUT2D eigenvalue weighted by Crippen LogP contribution is -2.02. The maximum atomic E-state index is 4.15. The number of nitrogens with zero attached hydrogens (tertiary/aromatic N) is 2. The van der Waals surface area contributed by atoms with Crippen LogP contribution < -0.4 is 0 Å². The summed E-state index contributed by atoms with van der Waals surface area (Å²) in [4.78, 5) is 4.15. The fourth-order valence-corrected chi connectivity index (χ4v) is 1.77. The van der Waals surface area contributed by atoms with Crippen molar-refractivity contribution in [3.63, 3.8) is 0 Å². The van der Waals surface area contributed by atoms with Crippen LogP contribution in [0.25, 0.3) is 0 Å². The van der Waals surface area contributed by atoms with Gasteiger partial charge in [-0.2, -0.15) is 0 Å². The van der Waals surface area contributed by atoms with E-state index >= 15 is 0 Å². The highest BCUT2D eigenvalue weighted by atomic mass is 33.1. The molecule has 1 aromatic heterocycles. The average Bonchev–Trinajstić information content (AvgIpc) is 2.50. The Balaban J connectivity index is 2.83. The summed E-state index contributed by atoms with van der Waals surface area (Å²) in [5.41, 5.74) is 0. The summed E-state index contributed by atoms with van der Waals surface area (Å²) in [6, 6.07) is 0.521. The molecule has 0 aliphatic heterocycles. The molecule has 0 radical (unpaired) electrons. The quantitative estimate of drug-likeness (QED) is 0.580. The van der Waals surface area contributed by atoms with Gasteiger partial charge in [0, 0.05) is 18.4 Å². The highest BCUT2D eigenvalue weighted by Crippen LogP contribution is 2.23. The lowest BCUT2D eigenvalue weighted by Gasteiger charge is -2.11. The highest BCUT2D eigenvalue weighted by molar-refractivity contribution is 8.68. The first-order valence-corrected chi connectivity index (χ1v) is 5.50. The zero-order valence-corrected chi connectivity index (χ0v) is 8.40. The third-order valence-electron chi connectivity index (χ3n) is 1.78. The van der Waals surface area contributed by atoms with E-state index in [1.54, 1.807) is 0 Å². The van der Waals surface area contributed by atoms with E-state index < -0.39 is 0 Å². The molecule has 0 saturated carbocycles. The molecule has 62 valence electrons. The highest BCUT2D eigenvalue weighted by Gasteiger charge is 2.06. The van der Waals surface area contributed by atoms with Gasteiger partial charge in [0.1, 0.15) is 0 Å². The second kappa shape index (κ2) is 4.07. The smallest absolute Gasteiger partial charge is 0.178 e. The molecule has 1 aromatic rings. The monoisotopic (exact) mass is 188 g/mol. The van der Waals surface area contributed by atoms with Gasteiger partial charge >= 0.3 is 0 Å². The van der Waals surface area contributed by atoms with Crippen molar-refractivity contribution in [3.05, 3.63) is 12.4 Å². The van der Waals surface area contributed by atoms with E-state index in [0.29, 0.717) is 6.04 Å². The molecule has 1 atom stereocenters. The Morgan fingerprint density at radius 1 is 1.82 bits per heavy atom. The van der Waals surface area contributed by atoms with Crippen LogP contribution in [0.4, 0.5) is 0 Å². The maximum absolute atomic E-state index is 4.15. The van der Waals surface area contributed by atoms with Crippen LogP contribution in [0.1, 0.15) is 26.3 Å². The minimum Gasteiger partial charge on any atom is -0.323 e. The molecule has 0 aliphatic carbocycles. The zero-order chi connectivity index (χ0) is 8.27. The molecule has 0 spiro atoms.